The number of pyridine rings is 1. The van der Waals surface area contributed by atoms with Gasteiger partial charge in [0.05, 0.1) is 29.8 Å². The SMILES string of the molecule is CC(C)Oc1ccc(CCCOc2cc(CCC(=O)O)n(-c3ccccc3)n2)c(Oc2ncc(Cl)cc2Cl)c1. The maximum atomic E-state index is 11.1. The first-order valence-electron chi connectivity index (χ1n) is 12.6. The van der Waals surface area contributed by atoms with Crippen molar-refractivity contribution in [3.8, 4) is 28.9 Å². The molecule has 10 heteroatoms. The molecular weight excluding hydrogens is 541 g/mol. The second-order valence-electron chi connectivity index (χ2n) is 9.05. The maximum Gasteiger partial charge on any atom is 0.303 e. The molecule has 0 fully saturated rings. The van der Waals surface area contributed by atoms with Crippen molar-refractivity contribution in [1.82, 2.24) is 14.8 Å². The molecule has 4 aromatic rings. The van der Waals surface area contributed by atoms with E-state index in [0.29, 0.717) is 53.3 Å². The Kier molecular flexibility index (Phi) is 9.68. The van der Waals surface area contributed by atoms with E-state index in [9.17, 15) is 4.79 Å². The molecule has 2 aromatic heterocycles. The van der Waals surface area contributed by atoms with Crippen LogP contribution in [0.15, 0.2) is 66.9 Å². The lowest BCUT2D eigenvalue weighted by Crippen LogP contribution is -2.06. The first-order chi connectivity index (χ1) is 18.8. The van der Waals surface area contributed by atoms with Gasteiger partial charge in [-0.15, -0.1) is 5.10 Å². The van der Waals surface area contributed by atoms with E-state index in [1.54, 1.807) is 16.8 Å². The van der Waals surface area contributed by atoms with Crippen LogP contribution < -0.4 is 14.2 Å². The summed E-state index contributed by atoms with van der Waals surface area (Å²) in [6, 6.07) is 18.6. The number of benzene rings is 2. The molecule has 39 heavy (non-hydrogen) atoms. The summed E-state index contributed by atoms with van der Waals surface area (Å²) < 4.78 is 19.6. The van der Waals surface area contributed by atoms with Gasteiger partial charge in [-0.2, -0.15) is 0 Å². The number of carboxylic acids is 1. The van der Waals surface area contributed by atoms with Crippen LogP contribution >= 0.6 is 23.2 Å². The van der Waals surface area contributed by atoms with Crippen LogP contribution in [0, 0.1) is 0 Å². The molecule has 4 rings (SSSR count). The zero-order valence-electron chi connectivity index (χ0n) is 21.6. The molecule has 0 radical (unpaired) electrons. The molecule has 2 heterocycles. The fourth-order valence-corrected chi connectivity index (χ4v) is 4.29. The van der Waals surface area contributed by atoms with Crippen LogP contribution in [0.5, 0.6) is 23.3 Å². The van der Waals surface area contributed by atoms with Crippen LogP contribution in [-0.4, -0.2) is 38.6 Å². The van der Waals surface area contributed by atoms with Gasteiger partial charge in [0.15, 0.2) is 0 Å². The second kappa shape index (κ2) is 13.4. The van der Waals surface area contributed by atoms with Gasteiger partial charge in [0.2, 0.25) is 11.8 Å². The Morgan fingerprint density at radius 3 is 2.56 bits per heavy atom. The quantitative estimate of drug-likeness (QED) is 0.170. The highest BCUT2D eigenvalue weighted by Gasteiger charge is 2.14. The minimum atomic E-state index is -0.865. The lowest BCUT2D eigenvalue weighted by molar-refractivity contribution is -0.136. The summed E-state index contributed by atoms with van der Waals surface area (Å²) in [5, 5.41) is 14.4. The summed E-state index contributed by atoms with van der Waals surface area (Å²) in [5.41, 5.74) is 2.54. The fraction of sp³-hybridized carbons (Fsp3) is 0.276. The lowest BCUT2D eigenvalue weighted by atomic mass is 10.1. The number of ether oxygens (including phenoxy) is 3. The summed E-state index contributed by atoms with van der Waals surface area (Å²) in [7, 11) is 0. The molecule has 0 aliphatic carbocycles. The minimum absolute atomic E-state index is 0.00373. The third-order valence-electron chi connectivity index (χ3n) is 5.59. The second-order valence-corrected chi connectivity index (χ2v) is 9.89. The highest BCUT2D eigenvalue weighted by molar-refractivity contribution is 6.35. The largest absolute Gasteiger partial charge is 0.491 e. The van der Waals surface area contributed by atoms with E-state index in [4.69, 9.17) is 42.5 Å². The third kappa shape index (κ3) is 8.12. The predicted molar refractivity (Wildman–Crippen MR) is 150 cm³/mol. The normalized spacial score (nSPS) is 11.0. The summed E-state index contributed by atoms with van der Waals surface area (Å²) in [6.45, 7) is 4.30. The lowest BCUT2D eigenvalue weighted by Gasteiger charge is -2.15. The summed E-state index contributed by atoms with van der Waals surface area (Å²) >= 11 is 12.3. The van der Waals surface area contributed by atoms with Gasteiger partial charge in [0.1, 0.15) is 16.5 Å². The Bertz CT molecular complexity index is 1410. The number of hydrogen-bond acceptors (Lipinski definition) is 6. The van der Waals surface area contributed by atoms with Crippen LogP contribution in [0.3, 0.4) is 0 Å². The molecule has 8 nitrogen and oxygen atoms in total. The first-order valence-corrected chi connectivity index (χ1v) is 13.3. The predicted octanol–water partition coefficient (Wildman–Crippen LogP) is 7.18. The Morgan fingerprint density at radius 2 is 1.85 bits per heavy atom. The fourth-order valence-electron chi connectivity index (χ4n) is 3.87. The van der Waals surface area contributed by atoms with Crippen molar-refractivity contribution in [2.45, 2.75) is 45.6 Å². The van der Waals surface area contributed by atoms with E-state index in [2.05, 4.69) is 10.1 Å². The molecule has 0 amide bonds. The van der Waals surface area contributed by atoms with Crippen LogP contribution in [-0.2, 0) is 17.6 Å². The number of carboxylic acid groups (broad SMARTS) is 1. The average Bonchev–Trinajstić information content (AvgIpc) is 3.31. The van der Waals surface area contributed by atoms with Gasteiger partial charge in [-0.3, -0.25) is 4.79 Å². The average molecular weight is 570 g/mol. The van der Waals surface area contributed by atoms with Crippen LogP contribution in [0.1, 0.15) is 37.9 Å². The summed E-state index contributed by atoms with van der Waals surface area (Å²) in [4.78, 5) is 15.3. The molecule has 0 aliphatic rings. The van der Waals surface area contributed by atoms with Crippen molar-refractivity contribution in [3.05, 3.63) is 88.2 Å². The number of aryl methyl sites for hydroxylation is 2. The van der Waals surface area contributed by atoms with Gasteiger partial charge in [-0.05, 0) is 56.5 Å². The Labute approximate surface area is 237 Å². The number of para-hydroxylation sites is 1. The molecule has 0 spiro atoms. The number of halogens is 2. The van der Waals surface area contributed by atoms with Gasteiger partial charge in [-0.1, -0.05) is 47.5 Å². The van der Waals surface area contributed by atoms with Crippen molar-refractivity contribution in [2.24, 2.45) is 0 Å². The van der Waals surface area contributed by atoms with E-state index in [1.807, 2.05) is 62.4 Å². The van der Waals surface area contributed by atoms with Crippen molar-refractivity contribution in [3.63, 3.8) is 0 Å². The minimum Gasteiger partial charge on any atom is -0.491 e. The van der Waals surface area contributed by atoms with E-state index < -0.39 is 5.97 Å². The smallest absolute Gasteiger partial charge is 0.303 e. The van der Waals surface area contributed by atoms with Crippen LogP contribution in [0.2, 0.25) is 10.0 Å². The molecule has 0 bridgehead atoms. The third-order valence-corrected chi connectivity index (χ3v) is 6.07. The van der Waals surface area contributed by atoms with Crippen LogP contribution in [0.4, 0.5) is 0 Å². The highest BCUT2D eigenvalue weighted by atomic mass is 35.5. The maximum absolute atomic E-state index is 11.1. The zero-order chi connectivity index (χ0) is 27.8. The standard InChI is InChI=1S/C29H29Cl2N3O5/c1-19(2)38-24-12-10-20(26(17-24)39-29-25(31)15-21(30)18-32-29)7-6-14-37-27-16-23(11-13-28(35)36)34(33-27)22-8-4-3-5-9-22/h3-5,8-10,12,15-19H,6-7,11,13-14H2,1-2H3,(H,35,36). The Morgan fingerprint density at radius 1 is 1.05 bits per heavy atom. The van der Waals surface area contributed by atoms with Crippen molar-refractivity contribution in [2.75, 3.05) is 6.61 Å². The van der Waals surface area contributed by atoms with Crippen molar-refractivity contribution < 1.29 is 24.1 Å². The summed E-state index contributed by atoms with van der Waals surface area (Å²) in [6.07, 6.45) is 3.14. The van der Waals surface area contributed by atoms with Gasteiger partial charge < -0.3 is 19.3 Å². The molecule has 0 saturated carbocycles. The van der Waals surface area contributed by atoms with Crippen molar-refractivity contribution in [1.29, 1.82) is 0 Å². The Balaban J connectivity index is 1.45. The molecular formula is C29H29Cl2N3O5. The number of carbonyl (C=O) groups is 1. The Hall–Kier alpha value is -3.75. The molecule has 204 valence electrons. The highest BCUT2D eigenvalue weighted by Crippen LogP contribution is 2.34. The van der Waals surface area contributed by atoms with Crippen LogP contribution in [0.25, 0.3) is 5.69 Å². The number of rotatable bonds is 13. The summed E-state index contributed by atoms with van der Waals surface area (Å²) in [5.74, 6) is 1.07. The molecule has 0 aliphatic heterocycles. The number of nitrogens with zero attached hydrogens (tertiary/aromatic N) is 3. The first kappa shape index (κ1) is 28.3. The van der Waals surface area contributed by atoms with Gasteiger partial charge in [-0.25, -0.2) is 9.67 Å². The van der Waals surface area contributed by atoms with Gasteiger partial charge in [0, 0.05) is 30.4 Å². The molecule has 1 N–H and O–H groups in total. The van der Waals surface area contributed by atoms with E-state index in [1.165, 1.54) is 6.20 Å². The topological polar surface area (TPSA) is 95.7 Å². The molecule has 0 saturated heterocycles. The van der Waals surface area contributed by atoms with Gasteiger partial charge >= 0.3 is 5.97 Å². The van der Waals surface area contributed by atoms with E-state index >= 15 is 0 Å². The molecule has 2 aromatic carbocycles. The number of hydrogen-bond donors (Lipinski definition) is 1. The zero-order valence-corrected chi connectivity index (χ0v) is 23.2. The molecule has 0 atom stereocenters. The van der Waals surface area contributed by atoms with Gasteiger partial charge in [0.25, 0.3) is 0 Å². The van der Waals surface area contributed by atoms with E-state index in [0.717, 1.165) is 16.9 Å². The number of aliphatic carboxylic acids is 1. The monoisotopic (exact) mass is 569 g/mol. The number of aromatic nitrogens is 3. The van der Waals surface area contributed by atoms with E-state index in [-0.39, 0.29) is 18.4 Å². The molecule has 0 unspecified atom stereocenters. The van der Waals surface area contributed by atoms with Crippen molar-refractivity contribution >= 4 is 29.2 Å².